The SMILES string of the molecule is CC1(C)CCCCC1NS(=O)(=O)c1ccc2c(c1)NCC2. The number of hydrogen-bond donors (Lipinski definition) is 2. The summed E-state index contributed by atoms with van der Waals surface area (Å²) in [5, 5.41) is 3.24. The second kappa shape index (κ2) is 5.29. The molecule has 0 amide bonds. The number of nitrogens with one attached hydrogen (secondary N) is 2. The van der Waals surface area contributed by atoms with Gasteiger partial charge in [0.15, 0.2) is 0 Å². The van der Waals surface area contributed by atoms with Crippen molar-refractivity contribution in [1.29, 1.82) is 0 Å². The Morgan fingerprint density at radius 2 is 2.10 bits per heavy atom. The highest BCUT2D eigenvalue weighted by Gasteiger charge is 2.35. The van der Waals surface area contributed by atoms with Crippen molar-refractivity contribution >= 4 is 15.7 Å². The van der Waals surface area contributed by atoms with Gasteiger partial charge in [-0.15, -0.1) is 0 Å². The molecule has 1 fully saturated rings. The van der Waals surface area contributed by atoms with E-state index in [0.29, 0.717) is 4.90 Å². The van der Waals surface area contributed by atoms with Crippen LogP contribution in [-0.4, -0.2) is 21.0 Å². The highest BCUT2D eigenvalue weighted by molar-refractivity contribution is 7.89. The highest BCUT2D eigenvalue weighted by atomic mass is 32.2. The molecule has 0 bridgehead atoms. The number of fused-ring (bicyclic) bond motifs is 1. The fourth-order valence-corrected chi connectivity index (χ4v) is 4.87. The predicted molar refractivity (Wildman–Crippen MR) is 85.0 cm³/mol. The fraction of sp³-hybridized carbons (Fsp3) is 0.625. The van der Waals surface area contributed by atoms with Crippen LogP contribution in [-0.2, 0) is 16.4 Å². The van der Waals surface area contributed by atoms with Crippen molar-refractivity contribution in [3.8, 4) is 0 Å². The van der Waals surface area contributed by atoms with Gasteiger partial charge in [-0.2, -0.15) is 0 Å². The standard InChI is InChI=1S/C16H24N2O2S/c1-16(2)9-4-3-5-15(16)18-21(19,20)13-7-6-12-8-10-17-14(12)11-13/h6-7,11,15,17-18H,3-5,8-10H2,1-2H3. The normalized spacial score (nSPS) is 24.4. The number of benzene rings is 1. The zero-order valence-corrected chi connectivity index (χ0v) is 13.6. The third kappa shape index (κ3) is 2.94. The summed E-state index contributed by atoms with van der Waals surface area (Å²) in [4.78, 5) is 0.372. The van der Waals surface area contributed by atoms with Crippen molar-refractivity contribution in [2.45, 2.75) is 56.9 Å². The van der Waals surface area contributed by atoms with Crippen molar-refractivity contribution in [3.63, 3.8) is 0 Å². The summed E-state index contributed by atoms with van der Waals surface area (Å²) in [7, 11) is -3.44. The maximum Gasteiger partial charge on any atom is 0.240 e. The monoisotopic (exact) mass is 308 g/mol. The van der Waals surface area contributed by atoms with E-state index in [1.807, 2.05) is 6.07 Å². The van der Waals surface area contributed by atoms with Crippen LogP contribution >= 0.6 is 0 Å². The Bertz CT molecular complexity index is 638. The molecule has 1 heterocycles. The molecule has 0 radical (unpaired) electrons. The summed E-state index contributed by atoms with van der Waals surface area (Å²) in [6.07, 6.45) is 5.26. The Kier molecular flexibility index (Phi) is 3.74. The molecule has 0 saturated heterocycles. The minimum absolute atomic E-state index is 0.0254. The van der Waals surface area contributed by atoms with E-state index in [2.05, 4.69) is 23.9 Å². The molecule has 2 aliphatic rings. The average molecular weight is 308 g/mol. The zero-order valence-electron chi connectivity index (χ0n) is 12.8. The van der Waals surface area contributed by atoms with Crippen molar-refractivity contribution in [1.82, 2.24) is 4.72 Å². The second-order valence-electron chi connectivity index (χ2n) is 6.90. The molecule has 1 aromatic carbocycles. The van der Waals surface area contributed by atoms with Gasteiger partial charge in [0.1, 0.15) is 0 Å². The molecule has 1 unspecified atom stereocenters. The van der Waals surface area contributed by atoms with E-state index >= 15 is 0 Å². The molecule has 1 atom stereocenters. The lowest BCUT2D eigenvalue weighted by Gasteiger charge is -2.38. The van der Waals surface area contributed by atoms with Gasteiger partial charge in [0.05, 0.1) is 4.90 Å². The van der Waals surface area contributed by atoms with Crippen LogP contribution in [0.1, 0.15) is 45.1 Å². The average Bonchev–Trinajstić information content (AvgIpc) is 2.88. The van der Waals surface area contributed by atoms with Crippen LogP contribution in [0, 0.1) is 5.41 Å². The number of rotatable bonds is 3. The molecule has 3 rings (SSSR count). The van der Waals surface area contributed by atoms with Gasteiger partial charge < -0.3 is 5.32 Å². The number of hydrogen-bond acceptors (Lipinski definition) is 3. The molecule has 116 valence electrons. The molecule has 0 aromatic heterocycles. The van der Waals surface area contributed by atoms with Crippen molar-refractivity contribution < 1.29 is 8.42 Å². The third-order valence-electron chi connectivity index (χ3n) is 4.91. The van der Waals surface area contributed by atoms with Gasteiger partial charge in [0.25, 0.3) is 0 Å². The summed E-state index contributed by atoms with van der Waals surface area (Å²) in [6, 6.07) is 5.44. The lowest BCUT2D eigenvalue weighted by molar-refractivity contribution is 0.188. The molecule has 2 N–H and O–H groups in total. The second-order valence-corrected chi connectivity index (χ2v) is 8.62. The summed E-state index contributed by atoms with van der Waals surface area (Å²) >= 11 is 0. The third-order valence-corrected chi connectivity index (χ3v) is 6.38. The summed E-state index contributed by atoms with van der Waals surface area (Å²) in [6.45, 7) is 5.20. The molecule has 5 heteroatoms. The van der Waals surface area contributed by atoms with Crippen LogP contribution in [0.2, 0.25) is 0 Å². The van der Waals surface area contributed by atoms with Crippen molar-refractivity contribution in [2.24, 2.45) is 5.41 Å². The minimum atomic E-state index is -3.44. The number of sulfonamides is 1. The van der Waals surface area contributed by atoms with Crippen molar-refractivity contribution in [3.05, 3.63) is 23.8 Å². The first kappa shape index (κ1) is 14.9. The predicted octanol–water partition coefficient (Wildman–Crippen LogP) is 2.90. The first-order chi connectivity index (χ1) is 9.88. The Balaban J connectivity index is 1.83. The van der Waals surface area contributed by atoms with E-state index in [-0.39, 0.29) is 11.5 Å². The Hall–Kier alpha value is -1.07. The highest BCUT2D eigenvalue weighted by Crippen LogP contribution is 2.36. The van der Waals surface area contributed by atoms with Gasteiger partial charge in [-0.05, 0) is 42.4 Å². The van der Waals surface area contributed by atoms with E-state index in [9.17, 15) is 8.42 Å². The molecular weight excluding hydrogens is 284 g/mol. The molecule has 1 aliphatic heterocycles. The quantitative estimate of drug-likeness (QED) is 0.902. The molecular formula is C16H24N2O2S. The summed E-state index contributed by atoms with van der Waals surface area (Å²) in [5.74, 6) is 0. The van der Waals surface area contributed by atoms with E-state index in [0.717, 1.165) is 37.9 Å². The molecule has 21 heavy (non-hydrogen) atoms. The van der Waals surface area contributed by atoms with E-state index in [1.54, 1.807) is 12.1 Å². The van der Waals surface area contributed by atoms with Gasteiger partial charge in [-0.25, -0.2) is 13.1 Å². The van der Waals surface area contributed by atoms with Crippen LogP contribution in [0.5, 0.6) is 0 Å². The Labute approximate surface area is 127 Å². The van der Waals surface area contributed by atoms with Crippen LogP contribution < -0.4 is 10.0 Å². The first-order valence-electron chi connectivity index (χ1n) is 7.78. The summed E-state index contributed by atoms with van der Waals surface area (Å²) in [5.41, 5.74) is 2.19. The number of anilines is 1. The van der Waals surface area contributed by atoms with Crippen molar-refractivity contribution in [2.75, 3.05) is 11.9 Å². The Morgan fingerprint density at radius 1 is 1.29 bits per heavy atom. The lowest BCUT2D eigenvalue weighted by atomic mass is 9.74. The summed E-state index contributed by atoms with van der Waals surface area (Å²) < 4.78 is 28.2. The van der Waals surface area contributed by atoms with Crippen LogP contribution in [0.4, 0.5) is 5.69 Å². The molecule has 1 aliphatic carbocycles. The fourth-order valence-electron chi connectivity index (χ4n) is 3.40. The van der Waals surface area contributed by atoms with Gasteiger partial charge >= 0.3 is 0 Å². The van der Waals surface area contributed by atoms with Gasteiger partial charge in [0.2, 0.25) is 10.0 Å². The smallest absolute Gasteiger partial charge is 0.240 e. The molecule has 1 saturated carbocycles. The molecule has 4 nitrogen and oxygen atoms in total. The maximum atomic E-state index is 12.6. The van der Waals surface area contributed by atoms with E-state index < -0.39 is 10.0 Å². The maximum absolute atomic E-state index is 12.6. The minimum Gasteiger partial charge on any atom is -0.384 e. The first-order valence-corrected chi connectivity index (χ1v) is 9.26. The van der Waals surface area contributed by atoms with Crippen LogP contribution in [0.3, 0.4) is 0 Å². The van der Waals surface area contributed by atoms with E-state index in [1.165, 1.54) is 12.0 Å². The van der Waals surface area contributed by atoms with Gasteiger partial charge in [0, 0.05) is 18.3 Å². The zero-order chi connectivity index (χ0) is 15.1. The lowest BCUT2D eigenvalue weighted by Crippen LogP contribution is -2.46. The molecule has 0 spiro atoms. The molecule has 1 aromatic rings. The van der Waals surface area contributed by atoms with E-state index in [4.69, 9.17) is 0 Å². The Morgan fingerprint density at radius 3 is 2.86 bits per heavy atom. The van der Waals surface area contributed by atoms with Gasteiger partial charge in [-0.3, -0.25) is 0 Å². The van der Waals surface area contributed by atoms with Crippen LogP contribution in [0.15, 0.2) is 23.1 Å². The topological polar surface area (TPSA) is 58.2 Å². The largest absolute Gasteiger partial charge is 0.384 e. The van der Waals surface area contributed by atoms with Crippen LogP contribution in [0.25, 0.3) is 0 Å². The van der Waals surface area contributed by atoms with Gasteiger partial charge in [-0.1, -0.05) is 32.8 Å².